The minimum absolute atomic E-state index is 0. The first-order valence-electron chi connectivity index (χ1n) is 9.16. The monoisotopic (exact) mass is 406 g/mol. The molecule has 0 spiro atoms. The van der Waals surface area contributed by atoms with E-state index in [1.807, 2.05) is 20.8 Å². The molecular weight excluding hydrogens is 376 g/mol. The van der Waals surface area contributed by atoms with E-state index < -0.39 is 10.0 Å². The maximum Gasteiger partial charge on any atom is 0.243 e. The van der Waals surface area contributed by atoms with E-state index in [-0.39, 0.29) is 23.3 Å². The van der Waals surface area contributed by atoms with Crippen LogP contribution in [0.25, 0.3) is 0 Å². The van der Waals surface area contributed by atoms with Crippen LogP contribution in [0.4, 0.5) is 0 Å². The summed E-state index contributed by atoms with van der Waals surface area (Å²) in [5.74, 6) is 1.05. The topological polar surface area (TPSA) is 67.9 Å². The van der Waals surface area contributed by atoms with Crippen LogP contribution in [-0.4, -0.2) is 51.6 Å². The third-order valence-electron chi connectivity index (χ3n) is 4.28. The van der Waals surface area contributed by atoms with Gasteiger partial charge in [-0.15, -0.1) is 12.4 Å². The summed E-state index contributed by atoms with van der Waals surface area (Å²) in [6.45, 7) is 8.97. The van der Waals surface area contributed by atoms with Crippen molar-refractivity contribution < 1.29 is 17.9 Å². The highest BCUT2D eigenvalue weighted by Crippen LogP contribution is 2.32. The molecule has 0 aromatic heterocycles. The Bertz CT molecular complexity index is 649. The molecule has 2 rings (SSSR count). The van der Waals surface area contributed by atoms with E-state index in [1.54, 1.807) is 22.5 Å². The second-order valence-electron chi connectivity index (χ2n) is 6.07. The Morgan fingerprint density at radius 3 is 2.27 bits per heavy atom. The predicted molar refractivity (Wildman–Crippen MR) is 106 cm³/mol. The number of halogens is 1. The molecule has 1 fully saturated rings. The quantitative estimate of drug-likeness (QED) is 0.682. The fourth-order valence-electron chi connectivity index (χ4n) is 3.14. The van der Waals surface area contributed by atoms with Gasteiger partial charge < -0.3 is 14.8 Å². The highest BCUT2D eigenvalue weighted by molar-refractivity contribution is 7.89. The predicted octanol–water partition coefficient (Wildman–Crippen LogP) is 3.06. The fraction of sp³-hybridized carbons (Fsp3) is 0.667. The molecule has 0 unspecified atom stereocenters. The van der Waals surface area contributed by atoms with Crippen LogP contribution in [0, 0.1) is 0 Å². The van der Waals surface area contributed by atoms with Crippen LogP contribution in [0.2, 0.25) is 0 Å². The van der Waals surface area contributed by atoms with E-state index in [0.717, 1.165) is 32.4 Å². The lowest BCUT2D eigenvalue weighted by Gasteiger charge is -2.33. The van der Waals surface area contributed by atoms with E-state index >= 15 is 0 Å². The zero-order chi connectivity index (χ0) is 18.3. The number of hydrogen-bond acceptors (Lipinski definition) is 5. The lowest BCUT2D eigenvalue weighted by molar-refractivity contribution is 0.261. The molecule has 0 bridgehead atoms. The summed E-state index contributed by atoms with van der Waals surface area (Å²) in [6, 6.07) is 4.95. The van der Waals surface area contributed by atoms with Crippen molar-refractivity contribution in [3.63, 3.8) is 0 Å². The number of benzene rings is 1. The molecule has 1 aromatic carbocycles. The second kappa shape index (κ2) is 11.0. The van der Waals surface area contributed by atoms with Gasteiger partial charge in [-0.05, 0) is 58.3 Å². The summed E-state index contributed by atoms with van der Waals surface area (Å²) < 4.78 is 39.3. The van der Waals surface area contributed by atoms with Crippen molar-refractivity contribution in [1.82, 2.24) is 9.62 Å². The van der Waals surface area contributed by atoms with Crippen molar-refractivity contribution in [2.75, 3.05) is 32.8 Å². The highest BCUT2D eigenvalue weighted by atomic mass is 35.5. The van der Waals surface area contributed by atoms with Gasteiger partial charge in [0, 0.05) is 18.7 Å². The van der Waals surface area contributed by atoms with Crippen molar-refractivity contribution in [2.24, 2.45) is 0 Å². The standard InChI is InChI=1S/C18H30N2O4S.ClH/c1-4-13-20(15-9-11-19-12-10-15)25(21,22)16-7-8-17(23-5-2)18(14-16)24-6-3;/h7-8,14-15,19H,4-6,9-13H2,1-3H3;1H. The smallest absolute Gasteiger partial charge is 0.243 e. The lowest BCUT2D eigenvalue weighted by atomic mass is 10.1. The molecule has 1 heterocycles. The summed E-state index contributed by atoms with van der Waals surface area (Å²) in [4.78, 5) is 0.270. The lowest BCUT2D eigenvalue weighted by Crippen LogP contribution is -2.46. The summed E-state index contributed by atoms with van der Waals surface area (Å²) in [5, 5.41) is 3.29. The zero-order valence-electron chi connectivity index (χ0n) is 15.9. The van der Waals surface area contributed by atoms with Crippen LogP contribution in [0.5, 0.6) is 11.5 Å². The van der Waals surface area contributed by atoms with Crippen LogP contribution in [-0.2, 0) is 10.0 Å². The van der Waals surface area contributed by atoms with Gasteiger partial charge in [-0.2, -0.15) is 4.31 Å². The van der Waals surface area contributed by atoms with Gasteiger partial charge >= 0.3 is 0 Å². The first-order chi connectivity index (χ1) is 12.0. The fourth-order valence-corrected chi connectivity index (χ4v) is 4.93. The Morgan fingerprint density at radius 2 is 1.69 bits per heavy atom. The normalized spacial score (nSPS) is 15.5. The summed E-state index contributed by atoms with van der Waals surface area (Å²) in [5.41, 5.74) is 0. The van der Waals surface area contributed by atoms with Crippen molar-refractivity contribution >= 4 is 22.4 Å². The molecular formula is C18H31ClN2O4S. The molecule has 0 radical (unpaired) electrons. The molecule has 6 nitrogen and oxygen atoms in total. The van der Waals surface area contributed by atoms with Crippen LogP contribution in [0.15, 0.2) is 23.1 Å². The molecule has 1 aliphatic heterocycles. The van der Waals surface area contributed by atoms with Gasteiger partial charge in [0.05, 0.1) is 18.1 Å². The summed E-state index contributed by atoms with van der Waals surface area (Å²) in [7, 11) is -3.57. The van der Waals surface area contributed by atoms with Gasteiger partial charge in [0.25, 0.3) is 0 Å². The van der Waals surface area contributed by atoms with Crippen molar-refractivity contribution in [3.8, 4) is 11.5 Å². The average molecular weight is 407 g/mol. The number of piperidine rings is 1. The average Bonchev–Trinajstić information content (AvgIpc) is 2.62. The van der Waals surface area contributed by atoms with Crippen LogP contribution in [0.3, 0.4) is 0 Å². The maximum atomic E-state index is 13.3. The van der Waals surface area contributed by atoms with E-state index in [2.05, 4.69) is 5.32 Å². The number of ether oxygens (including phenoxy) is 2. The first kappa shape index (κ1) is 23.0. The van der Waals surface area contributed by atoms with Crippen LogP contribution in [0.1, 0.15) is 40.0 Å². The Balaban J connectivity index is 0.00000338. The number of rotatable bonds is 9. The molecule has 0 aliphatic carbocycles. The molecule has 1 aliphatic rings. The molecule has 0 amide bonds. The minimum atomic E-state index is -3.57. The largest absolute Gasteiger partial charge is 0.490 e. The van der Waals surface area contributed by atoms with Crippen molar-refractivity contribution in [2.45, 2.75) is 51.0 Å². The third kappa shape index (κ3) is 5.49. The van der Waals surface area contributed by atoms with Gasteiger partial charge in [0.2, 0.25) is 10.0 Å². The van der Waals surface area contributed by atoms with Crippen LogP contribution < -0.4 is 14.8 Å². The van der Waals surface area contributed by atoms with Gasteiger partial charge in [-0.1, -0.05) is 6.92 Å². The van der Waals surface area contributed by atoms with Gasteiger partial charge in [0.1, 0.15) is 0 Å². The first-order valence-corrected chi connectivity index (χ1v) is 10.6. The van der Waals surface area contributed by atoms with E-state index in [9.17, 15) is 8.42 Å². The van der Waals surface area contributed by atoms with E-state index in [1.165, 1.54) is 0 Å². The Morgan fingerprint density at radius 1 is 1.08 bits per heavy atom. The zero-order valence-corrected chi connectivity index (χ0v) is 17.5. The van der Waals surface area contributed by atoms with Crippen LogP contribution >= 0.6 is 12.4 Å². The van der Waals surface area contributed by atoms with E-state index in [4.69, 9.17) is 9.47 Å². The van der Waals surface area contributed by atoms with Gasteiger partial charge in [-0.3, -0.25) is 0 Å². The molecule has 1 N–H and O–H groups in total. The summed E-state index contributed by atoms with van der Waals surface area (Å²) in [6.07, 6.45) is 2.47. The Labute approximate surface area is 163 Å². The molecule has 0 atom stereocenters. The molecule has 150 valence electrons. The number of sulfonamides is 1. The Kier molecular flexibility index (Phi) is 9.71. The van der Waals surface area contributed by atoms with Crippen molar-refractivity contribution in [1.29, 1.82) is 0 Å². The molecule has 8 heteroatoms. The third-order valence-corrected chi connectivity index (χ3v) is 6.23. The minimum Gasteiger partial charge on any atom is -0.490 e. The number of nitrogens with one attached hydrogen (secondary N) is 1. The molecule has 1 aromatic rings. The number of hydrogen-bond donors (Lipinski definition) is 1. The van der Waals surface area contributed by atoms with Crippen molar-refractivity contribution in [3.05, 3.63) is 18.2 Å². The van der Waals surface area contributed by atoms with E-state index in [0.29, 0.717) is 31.3 Å². The molecule has 1 saturated heterocycles. The van der Waals surface area contributed by atoms with Gasteiger partial charge in [0.15, 0.2) is 11.5 Å². The number of nitrogens with zero attached hydrogens (tertiary/aromatic N) is 1. The second-order valence-corrected chi connectivity index (χ2v) is 7.96. The SMILES string of the molecule is CCCN(C1CCNCC1)S(=O)(=O)c1ccc(OCC)c(OCC)c1.Cl. The maximum absolute atomic E-state index is 13.3. The summed E-state index contributed by atoms with van der Waals surface area (Å²) >= 11 is 0. The Hall–Kier alpha value is -1.02. The molecule has 0 saturated carbocycles. The molecule has 26 heavy (non-hydrogen) atoms. The van der Waals surface area contributed by atoms with Gasteiger partial charge in [-0.25, -0.2) is 8.42 Å². The highest BCUT2D eigenvalue weighted by Gasteiger charge is 2.32.